The molecule has 1 atom stereocenters. The summed E-state index contributed by atoms with van der Waals surface area (Å²) in [5, 5.41) is 7.37. The summed E-state index contributed by atoms with van der Waals surface area (Å²) >= 11 is 0. The zero-order chi connectivity index (χ0) is 12.3. The average molecular weight is 242 g/mol. The van der Waals surface area contributed by atoms with Gasteiger partial charge in [0.1, 0.15) is 5.82 Å². The van der Waals surface area contributed by atoms with Crippen molar-refractivity contribution in [1.29, 1.82) is 5.26 Å². The molecular formula is C10H11FN2O2S. The van der Waals surface area contributed by atoms with Gasteiger partial charge in [-0.1, -0.05) is 12.1 Å². The number of rotatable bonds is 3. The molecule has 16 heavy (non-hydrogen) atoms. The zero-order valence-corrected chi connectivity index (χ0v) is 9.70. The summed E-state index contributed by atoms with van der Waals surface area (Å²) in [5.41, 5.74) is -0.0652. The van der Waals surface area contributed by atoms with Crippen LogP contribution in [0.25, 0.3) is 0 Å². The van der Waals surface area contributed by atoms with Gasteiger partial charge in [-0.25, -0.2) is 12.8 Å². The van der Waals surface area contributed by atoms with Gasteiger partial charge in [-0.15, -0.1) is 0 Å². The molecule has 0 aromatic heterocycles. The number of anilines is 1. The van der Waals surface area contributed by atoms with Gasteiger partial charge in [-0.2, -0.15) is 5.26 Å². The maximum atomic E-state index is 13.3. The molecule has 86 valence electrons. The van der Waals surface area contributed by atoms with Crippen LogP contribution < -0.4 is 4.31 Å². The molecule has 1 aromatic carbocycles. The van der Waals surface area contributed by atoms with Crippen LogP contribution in [0.5, 0.6) is 0 Å². The minimum atomic E-state index is -3.83. The second kappa shape index (κ2) is 4.49. The molecule has 4 nitrogen and oxygen atoms in total. The van der Waals surface area contributed by atoms with E-state index in [1.165, 1.54) is 38.2 Å². The predicted octanol–water partition coefficient (Wildman–Crippen LogP) is 1.50. The van der Waals surface area contributed by atoms with Gasteiger partial charge >= 0.3 is 0 Å². The largest absolute Gasteiger partial charge is 0.269 e. The van der Waals surface area contributed by atoms with Gasteiger partial charge in [-0.3, -0.25) is 4.31 Å². The first-order chi connectivity index (χ1) is 7.41. The molecule has 0 N–H and O–H groups in total. The molecule has 0 fully saturated rings. The highest BCUT2D eigenvalue weighted by atomic mass is 32.2. The van der Waals surface area contributed by atoms with Crippen LogP contribution in [0.2, 0.25) is 0 Å². The van der Waals surface area contributed by atoms with Crippen LogP contribution in [0.3, 0.4) is 0 Å². The number of nitrogens with zero attached hydrogens (tertiary/aromatic N) is 2. The van der Waals surface area contributed by atoms with E-state index in [2.05, 4.69) is 0 Å². The number of nitriles is 1. The molecular weight excluding hydrogens is 231 g/mol. The fourth-order valence-corrected chi connectivity index (χ4v) is 2.18. The maximum Gasteiger partial charge on any atom is 0.251 e. The fraction of sp³-hybridized carbons (Fsp3) is 0.300. The Hall–Kier alpha value is -1.61. The van der Waals surface area contributed by atoms with E-state index >= 15 is 0 Å². The lowest BCUT2D eigenvalue weighted by Gasteiger charge is -2.20. The van der Waals surface area contributed by atoms with Crippen molar-refractivity contribution < 1.29 is 12.8 Å². The third-order valence-electron chi connectivity index (χ3n) is 2.20. The third kappa shape index (κ3) is 2.14. The average Bonchev–Trinajstić information content (AvgIpc) is 2.27. The summed E-state index contributed by atoms with van der Waals surface area (Å²) < 4.78 is 37.6. The standard InChI is InChI=1S/C10H11FN2O2S/c1-8(7-12)16(14,15)13(2)10-6-4-3-5-9(10)11/h3-6,8H,1-2H3. The van der Waals surface area contributed by atoms with Gasteiger partial charge < -0.3 is 0 Å². The molecule has 1 unspecified atom stereocenters. The van der Waals surface area contributed by atoms with E-state index in [0.29, 0.717) is 0 Å². The molecule has 1 aromatic rings. The van der Waals surface area contributed by atoms with Crippen molar-refractivity contribution >= 4 is 15.7 Å². The fourth-order valence-electron chi connectivity index (χ4n) is 1.15. The first kappa shape index (κ1) is 12.5. The molecule has 0 bridgehead atoms. The van der Waals surface area contributed by atoms with E-state index in [0.717, 1.165) is 4.31 Å². The lowest BCUT2D eigenvalue weighted by Crippen LogP contribution is -2.34. The maximum absolute atomic E-state index is 13.3. The predicted molar refractivity (Wildman–Crippen MR) is 58.8 cm³/mol. The summed E-state index contributed by atoms with van der Waals surface area (Å²) in [4.78, 5) is 0. The summed E-state index contributed by atoms with van der Waals surface area (Å²) in [6.45, 7) is 1.26. The van der Waals surface area contributed by atoms with Crippen LogP contribution in [0, 0.1) is 17.1 Å². The van der Waals surface area contributed by atoms with Crippen LogP contribution in [0.4, 0.5) is 10.1 Å². The van der Waals surface area contributed by atoms with Gasteiger partial charge in [0.05, 0.1) is 11.8 Å². The number of hydrogen-bond acceptors (Lipinski definition) is 3. The van der Waals surface area contributed by atoms with Crippen LogP contribution in [0.1, 0.15) is 6.92 Å². The van der Waals surface area contributed by atoms with Gasteiger partial charge in [-0.05, 0) is 19.1 Å². The highest BCUT2D eigenvalue weighted by Gasteiger charge is 2.27. The molecule has 0 aliphatic carbocycles. The van der Waals surface area contributed by atoms with E-state index in [1.54, 1.807) is 6.07 Å². The monoisotopic (exact) mass is 242 g/mol. The lowest BCUT2D eigenvalue weighted by atomic mass is 10.3. The number of benzene rings is 1. The van der Waals surface area contributed by atoms with Crippen LogP contribution in [-0.4, -0.2) is 20.7 Å². The SMILES string of the molecule is CC(C#N)S(=O)(=O)N(C)c1ccccc1F. The Bertz CT molecular complexity index is 522. The number of sulfonamides is 1. The van der Waals surface area contributed by atoms with E-state index < -0.39 is 21.1 Å². The Labute approximate surface area is 94.0 Å². The lowest BCUT2D eigenvalue weighted by molar-refractivity contribution is 0.586. The van der Waals surface area contributed by atoms with Crippen molar-refractivity contribution in [3.63, 3.8) is 0 Å². The Kier molecular flexibility index (Phi) is 3.50. The third-order valence-corrected chi connectivity index (χ3v) is 4.16. The summed E-state index contributed by atoms with van der Waals surface area (Å²) in [7, 11) is -2.61. The van der Waals surface area contributed by atoms with E-state index in [9.17, 15) is 12.8 Å². The number of halogens is 1. The van der Waals surface area contributed by atoms with E-state index in [4.69, 9.17) is 5.26 Å². The highest BCUT2D eigenvalue weighted by molar-refractivity contribution is 7.93. The first-order valence-electron chi connectivity index (χ1n) is 4.53. The second-order valence-electron chi connectivity index (χ2n) is 3.24. The first-order valence-corrected chi connectivity index (χ1v) is 6.03. The topological polar surface area (TPSA) is 61.2 Å². The minimum Gasteiger partial charge on any atom is -0.269 e. The van der Waals surface area contributed by atoms with Crippen LogP contribution in [0.15, 0.2) is 24.3 Å². The van der Waals surface area contributed by atoms with Gasteiger partial charge in [0.15, 0.2) is 5.25 Å². The van der Waals surface area contributed by atoms with E-state index in [-0.39, 0.29) is 5.69 Å². The Morgan fingerprint density at radius 2 is 2.00 bits per heavy atom. The molecule has 0 amide bonds. The normalized spacial score (nSPS) is 12.9. The van der Waals surface area contributed by atoms with Gasteiger partial charge in [0.2, 0.25) is 0 Å². The van der Waals surface area contributed by atoms with E-state index in [1.807, 2.05) is 0 Å². The summed E-state index contributed by atoms with van der Waals surface area (Å²) in [5.74, 6) is -0.640. The van der Waals surface area contributed by atoms with Crippen molar-refractivity contribution in [1.82, 2.24) is 0 Å². The quantitative estimate of drug-likeness (QED) is 0.807. The van der Waals surface area contributed by atoms with Crippen molar-refractivity contribution in [3.05, 3.63) is 30.1 Å². The molecule has 0 aliphatic heterocycles. The Morgan fingerprint density at radius 1 is 1.44 bits per heavy atom. The summed E-state index contributed by atoms with van der Waals surface area (Å²) in [6, 6.07) is 7.13. The van der Waals surface area contributed by atoms with Gasteiger partial charge in [0, 0.05) is 7.05 Å². The van der Waals surface area contributed by atoms with Crippen molar-refractivity contribution in [3.8, 4) is 6.07 Å². The molecule has 0 saturated heterocycles. The van der Waals surface area contributed by atoms with Gasteiger partial charge in [0.25, 0.3) is 10.0 Å². The van der Waals surface area contributed by atoms with Crippen LogP contribution in [-0.2, 0) is 10.0 Å². The van der Waals surface area contributed by atoms with Crippen molar-refractivity contribution in [2.24, 2.45) is 0 Å². The number of para-hydroxylation sites is 1. The minimum absolute atomic E-state index is 0.0652. The molecule has 0 saturated carbocycles. The van der Waals surface area contributed by atoms with Crippen molar-refractivity contribution in [2.45, 2.75) is 12.2 Å². The Morgan fingerprint density at radius 3 is 2.50 bits per heavy atom. The zero-order valence-electron chi connectivity index (χ0n) is 8.88. The molecule has 0 spiro atoms. The molecule has 0 heterocycles. The molecule has 1 rings (SSSR count). The summed E-state index contributed by atoms with van der Waals surface area (Å²) in [6.07, 6.45) is 0. The molecule has 6 heteroatoms. The molecule has 0 radical (unpaired) electrons. The second-order valence-corrected chi connectivity index (χ2v) is 5.52. The number of hydrogen-bond donors (Lipinski definition) is 0. The smallest absolute Gasteiger partial charge is 0.251 e. The van der Waals surface area contributed by atoms with Crippen molar-refractivity contribution in [2.75, 3.05) is 11.4 Å². The Balaban J connectivity index is 3.19. The molecule has 0 aliphatic rings. The van der Waals surface area contributed by atoms with Crippen LogP contribution >= 0.6 is 0 Å². The highest BCUT2D eigenvalue weighted by Crippen LogP contribution is 2.21.